The van der Waals surface area contributed by atoms with Gasteiger partial charge >= 0.3 is 11.9 Å². The molecule has 0 aromatic heterocycles. The molecular formula is C22H26O7. The first-order valence-electron chi connectivity index (χ1n) is 10.4. The van der Waals surface area contributed by atoms with Crippen molar-refractivity contribution >= 4 is 23.5 Å². The fourth-order valence-corrected chi connectivity index (χ4v) is 7.26. The third-order valence-corrected chi connectivity index (χ3v) is 8.67. The average Bonchev–Trinajstić information content (AvgIpc) is 3.20. The Morgan fingerprint density at radius 1 is 1.24 bits per heavy atom. The molecule has 0 spiro atoms. The molecule has 3 saturated carbocycles. The lowest BCUT2D eigenvalue weighted by molar-refractivity contribution is -0.221. The second-order valence-corrected chi connectivity index (χ2v) is 9.81. The number of fused-ring (bicyclic) bond motifs is 4. The fourth-order valence-electron chi connectivity index (χ4n) is 7.26. The SMILES string of the molecule is CC(=O)O[C@@H]1C[C@]2(C)C(=O)CCC2C2C(=O)C3OC=C4C(=O)O[C@H](C)[C@@](C)(C43)C21. The minimum absolute atomic E-state index is 0.0756. The molecule has 7 nitrogen and oxygen atoms in total. The molecule has 0 bridgehead atoms. The highest BCUT2D eigenvalue weighted by molar-refractivity contribution is 5.97. The molecule has 156 valence electrons. The Morgan fingerprint density at radius 2 is 1.97 bits per heavy atom. The van der Waals surface area contributed by atoms with E-state index in [1.807, 2.05) is 20.8 Å². The third kappa shape index (κ3) is 2.14. The second kappa shape index (κ2) is 5.70. The van der Waals surface area contributed by atoms with E-state index in [4.69, 9.17) is 14.2 Å². The number of carbonyl (C=O) groups excluding carboxylic acids is 4. The normalized spacial score (nSPS) is 50.0. The monoisotopic (exact) mass is 402 g/mol. The minimum Gasteiger partial charge on any atom is -0.489 e. The van der Waals surface area contributed by atoms with Gasteiger partial charge in [-0.3, -0.25) is 14.4 Å². The average molecular weight is 402 g/mol. The van der Waals surface area contributed by atoms with Crippen molar-refractivity contribution < 1.29 is 33.4 Å². The fraction of sp³-hybridized carbons (Fsp3) is 0.727. The molecule has 2 aliphatic heterocycles. The summed E-state index contributed by atoms with van der Waals surface area (Å²) in [6.07, 6.45) is 1.05. The summed E-state index contributed by atoms with van der Waals surface area (Å²) in [7, 11) is 0. The highest BCUT2D eigenvalue weighted by Gasteiger charge is 2.73. The second-order valence-electron chi connectivity index (χ2n) is 9.81. The highest BCUT2D eigenvalue weighted by Crippen LogP contribution is 2.66. The van der Waals surface area contributed by atoms with Crippen molar-refractivity contribution in [3.05, 3.63) is 11.8 Å². The number of cyclic esters (lactones) is 1. The molecule has 0 N–H and O–H groups in total. The van der Waals surface area contributed by atoms with E-state index in [1.165, 1.54) is 13.2 Å². The summed E-state index contributed by atoms with van der Waals surface area (Å²) in [5.74, 6) is -2.17. The van der Waals surface area contributed by atoms with E-state index in [1.54, 1.807) is 0 Å². The van der Waals surface area contributed by atoms with Crippen LogP contribution in [0.2, 0.25) is 0 Å². The van der Waals surface area contributed by atoms with Crippen molar-refractivity contribution in [3.63, 3.8) is 0 Å². The summed E-state index contributed by atoms with van der Waals surface area (Å²) in [5, 5.41) is 0. The lowest BCUT2D eigenvalue weighted by Gasteiger charge is -2.61. The first-order chi connectivity index (χ1) is 13.6. The molecule has 9 atom stereocenters. The Labute approximate surface area is 169 Å². The van der Waals surface area contributed by atoms with Gasteiger partial charge in [-0.2, -0.15) is 0 Å². The van der Waals surface area contributed by atoms with Crippen LogP contribution in [-0.4, -0.2) is 41.8 Å². The first kappa shape index (κ1) is 18.8. The van der Waals surface area contributed by atoms with Gasteiger partial charge in [0.25, 0.3) is 0 Å². The standard InChI is InChI=1S/C22H26O7/c1-9-22(4)16-11(20(26)28-9)8-27-19(16)18(25)15-12-5-6-14(24)21(12,3)7-13(17(15)22)29-10(2)23/h8-9,12-13,15-17,19H,5-7H2,1-4H3/t9-,12?,13-,15?,16?,17?,19?,21+,22+/m1/s1. The molecule has 7 heteroatoms. The van der Waals surface area contributed by atoms with Crippen LogP contribution in [0.25, 0.3) is 0 Å². The Balaban J connectivity index is 1.69. The van der Waals surface area contributed by atoms with Crippen LogP contribution >= 0.6 is 0 Å². The summed E-state index contributed by atoms with van der Waals surface area (Å²) >= 11 is 0. The summed E-state index contributed by atoms with van der Waals surface area (Å²) in [4.78, 5) is 50.9. The minimum atomic E-state index is -0.748. The van der Waals surface area contributed by atoms with Gasteiger partial charge in [-0.15, -0.1) is 0 Å². The topological polar surface area (TPSA) is 96.0 Å². The summed E-state index contributed by atoms with van der Waals surface area (Å²) < 4.78 is 17.2. The first-order valence-corrected chi connectivity index (χ1v) is 10.4. The van der Waals surface area contributed by atoms with Crippen molar-refractivity contribution in [2.45, 2.75) is 65.3 Å². The Hall–Kier alpha value is -2.18. The van der Waals surface area contributed by atoms with Crippen LogP contribution in [0.15, 0.2) is 11.8 Å². The Morgan fingerprint density at radius 3 is 2.66 bits per heavy atom. The van der Waals surface area contributed by atoms with Crippen molar-refractivity contribution in [3.8, 4) is 0 Å². The zero-order valence-corrected chi connectivity index (χ0v) is 17.1. The van der Waals surface area contributed by atoms with Crippen LogP contribution in [-0.2, 0) is 33.4 Å². The summed E-state index contributed by atoms with van der Waals surface area (Å²) in [5.41, 5.74) is -0.935. The number of hydrogen-bond acceptors (Lipinski definition) is 7. The quantitative estimate of drug-likeness (QED) is 0.619. The van der Waals surface area contributed by atoms with E-state index in [9.17, 15) is 19.2 Å². The largest absolute Gasteiger partial charge is 0.489 e. The van der Waals surface area contributed by atoms with Gasteiger partial charge < -0.3 is 14.2 Å². The van der Waals surface area contributed by atoms with Gasteiger partial charge in [-0.25, -0.2) is 4.79 Å². The smallest absolute Gasteiger partial charge is 0.337 e. The molecule has 4 fully saturated rings. The lowest BCUT2D eigenvalue weighted by atomic mass is 9.43. The van der Waals surface area contributed by atoms with Crippen LogP contribution in [0.3, 0.4) is 0 Å². The maximum absolute atomic E-state index is 13.7. The molecule has 0 radical (unpaired) electrons. The molecule has 5 unspecified atom stereocenters. The zero-order chi connectivity index (χ0) is 20.9. The van der Waals surface area contributed by atoms with Crippen LogP contribution < -0.4 is 0 Å². The number of Topliss-reactive ketones (excluding diaryl/α,β-unsaturated/α-hetero) is 2. The van der Waals surface area contributed by atoms with Crippen molar-refractivity contribution in [2.24, 2.45) is 34.5 Å². The van der Waals surface area contributed by atoms with E-state index >= 15 is 0 Å². The van der Waals surface area contributed by atoms with Crippen molar-refractivity contribution in [1.29, 1.82) is 0 Å². The van der Waals surface area contributed by atoms with Gasteiger partial charge in [-0.1, -0.05) is 13.8 Å². The molecule has 1 saturated heterocycles. The third-order valence-electron chi connectivity index (χ3n) is 8.67. The van der Waals surface area contributed by atoms with E-state index in [2.05, 4.69) is 0 Å². The molecular weight excluding hydrogens is 376 g/mol. The maximum atomic E-state index is 13.7. The molecule has 3 aliphatic carbocycles. The maximum Gasteiger partial charge on any atom is 0.337 e. The highest BCUT2D eigenvalue weighted by atomic mass is 16.6. The predicted molar refractivity (Wildman–Crippen MR) is 98.1 cm³/mol. The van der Waals surface area contributed by atoms with Gasteiger partial charge in [-0.05, 0) is 25.7 Å². The van der Waals surface area contributed by atoms with E-state index in [0.29, 0.717) is 24.8 Å². The Kier molecular flexibility index (Phi) is 3.70. The van der Waals surface area contributed by atoms with E-state index < -0.39 is 52.9 Å². The van der Waals surface area contributed by atoms with E-state index in [0.717, 1.165) is 0 Å². The molecule has 0 aromatic rings. The van der Waals surface area contributed by atoms with Crippen LogP contribution in [0, 0.1) is 34.5 Å². The van der Waals surface area contributed by atoms with Gasteiger partial charge in [0, 0.05) is 41.9 Å². The predicted octanol–water partition coefficient (Wildman–Crippen LogP) is 1.97. The lowest BCUT2D eigenvalue weighted by Crippen LogP contribution is -2.69. The van der Waals surface area contributed by atoms with E-state index in [-0.39, 0.29) is 23.4 Å². The number of ketones is 2. The van der Waals surface area contributed by atoms with Crippen molar-refractivity contribution in [1.82, 2.24) is 0 Å². The van der Waals surface area contributed by atoms with Crippen LogP contribution in [0.5, 0.6) is 0 Å². The Bertz CT molecular complexity index is 874. The summed E-state index contributed by atoms with van der Waals surface area (Å²) in [6, 6.07) is 0. The molecule has 0 amide bonds. The molecule has 2 heterocycles. The van der Waals surface area contributed by atoms with Gasteiger partial charge in [0.05, 0.1) is 11.8 Å². The van der Waals surface area contributed by atoms with Crippen LogP contribution in [0.4, 0.5) is 0 Å². The molecule has 0 aromatic carbocycles. The number of esters is 2. The number of rotatable bonds is 1. The summed E-state index contributed by atoms with van der Waals surface area (Å²) in [6.45, 7) is 7.12. The number of carbonyl (C=O) groups is 4. The van der Waals surface area contributed by atoms with Gasteiger partial charge in [0.15, 0.2) is 11.9 Å². The molecule has 5 aliphatic rings. The molecule has 29 heavy (non-hydrogen) atoms. The van der Waals surface area contributed by atoms with Gasteiger partial charge in [0.2, 0.25) is 0 Å². The zero-order valence-electron chi connectivity index (χ0n) is 17.1. The number of hydrogen-bond donors (Lipinski definition) is 0. The van der Waals surface area contributed by atoms with Gasteiger partial charge in [0.1, 0.15) is 18.0 Å². The van der Waals surface area contributed by atoms with Crippen LogP contribution in [0.1, 0.15) is 47.0 Å². The molecule has 5 rings (SSSR count). The van der Waals surface area contributed by atoms with Crippen molar-refractivity contribution in [2.75, 3.05) is 0 Å². The number of ether oxygens (including phenoxy) is 3.